The second kappa shape index (κ2) is 15.8. The summed E-state index contributed by atoms with van der Waals surface area (Å²) in [4.78, 5) is 31.6. The molecule has 0 amide bonds. The number of carbonyl (C=O) groups excluding carboxylic acids is 2. The van der Waals surface area contributed by atoms with Crippen LogP contribution in [0.25, 0.3) is 0 Å². The number of carbonyl (C=O) groups is 2. The summed E-state index contributed by atoms with van der Waals surface area (Å²) in [6, 6.07) is 14.7. The minimum absolute atomic E-state index is 0.0991. The molecule has 4 saturated carbocycles. The molecule has 2 aromatic rings. The zero-order valence-corrected chi connectivity index (χ0v) is 34.3. The van der Waals surface area contributed by atoms with E-state index in [9.17, 15) is 9.59 Å². The van der Waals surface area contributed by atoms with Crippen molar-refractivity contribution in [2.24, 2.45) is 23.7 Å². The predicted molar refractivity (Wildman–Crippen MR) is 221 cm³/mol. The second-order valence-corrected chi connectivity index (χ2v) is 20.1. The first-order valence-corrected chi connectivity index (χ1v) is 23.6. The van der Waals surface area contributed by atoms with E-state index in [-0.39, 0.29) is 22.8 Å². The highest BCUT2D eigenvalue weighted by Crippen LogP contribution is 2.58. The Labute approximate surface area is 336 Å². The largest absolute Gasteiger partial charge is 0.427 e. The Morgan fingerprint density at radius 1 is 0.554 bits per heavy atom. The van der Waals surface area contributed by atoms with Crippen LogP contribution in [-0.4, -0.2) is 60.0 Å². The van der Waals surface area contributed by atoms with Crippen molar-refractivity contribution in [3.05, 3.63) is 58.7 Å². The summed E-state index contributed by atoms with van der Waals surface area (Å²) in [6.07, 6.45) is 28.1. The molecule has 6 nitrogen and oxygen atoms in total. The van der Waals surface area contributed by atoms with Crippen LogP contribution < -0.4 is 9.47 Å². The van der Waals surface area contributed by atoms with Crippen molar-refractivity contribution >= 4 is 11.9 Å². The monoisotopic (exact) mass is 761 g/mol. The van der Waals surface area contributed by atoms with Gasteiger partial charge in [-0.2, -0.15) is 0 Å². The van der Waals surface area contributed by atoms with Crippen LogP contribution in [0.3, 0.4) is 0 Å². The van der Waals surface area contributed by atoms with Gasteiger partial charge in [0.1, 0.15) is 11.5 Å². The number of hydrogen-bond acceptors (Lipinski definition) is 6. The standard InChI is InChI=1S/C50H68N2O4/c53-47(55-39-21-19-37-29-45-41-11-7-9-23-49(41,43(37)31-39)25-27-51(45)33-35-15-16-35)13-5-3-1-2-4-6-14-48(54)56-40-22-20-38-30-46-42-12-8-10-24-50(42,44(38)32-40)26-28-52(46)34-36-17-18-36/h19-22,31-32,35-36,41-42,45-46H,1-18,23-30,33-34H2/t41-,42-,45+,46+,49+,50+/m0/s1. The molecule has 2 heterocycles. The maximum Gasteiger partial charge on any atom is 0.311 e. The van der Waals surface area contributed by atoms with E-state index in [4.69, 9.17) is 9.47 Å². The van der Waals surface area contributed by atoms with Crippen molar-refractivity contribution in [3.63, 3.8) is 0 Å². The highest BCUT2D eigenvalue weighted by Gasteiger charge is 2.55. The number of nitrogens with zero attached hydrogens (tertiary/aromatic N) is 2. The van der Waals surface area contributed by atoms with Crippen LogP contribution in [0.1, 0.15) is 164 Å². The summed E-state index contributed by atoms with van der Waals surface area (Å²) in [7, 11) is 0. The van der Waals surface area contributed by atoms with Gasteiger partial charge in [0, 0.05) is 48.8 Å². The van der Waals surface area contributed by atoms with Crippen molar-refractivity contribution < 1.29 is 19.1 Å². The number of esters is 2. The fourth-order valence-corrected chi connectivity index (χ4v) is 13.6. The molecule has 56 heavy (non-hydrogen) atoms. The number of piperidine rings is 2. The van der Waals surface area contributed by atoms with Crippen LogP contribution in [0.15, 0.2) is 36.4 Å². The van der Waals surface area contributed by atoms with Crippen LogP contribution in [0.4, 0.5) is 0 Å². The van der Waals surface area contributed by atoms with Gasteiger partial charge >= 0.3 is 11.9 Å². The Hall–Kier alpha value is -2.70. The summed E-state index contributed by atoms with van der Waals surface area (Å²) in [5, 5.41) is 0. The summed E-state index contributed by atoms with van der Waals surface area (Å²) in [5.74, 6) is 4.72. The molecule has 2 aromatic carbocycles. The number of rotatable bonds is 15. The highest BCUT2D eigenvalue weighted by atomic mass is 16.5. The van der Waals surface area contributed by atoms with Gasteiger partial charge in [0.2, 0.25) is 0 Å². The molecule has 8 aliphatic rings. The number of ether oxygens (including phenoxy) is 2. The topological polar surface area (TPSA) is 59.1 Å². The van der Waals surface area contributed by atoms with Gasteiger partial charge in [-0.25, -0.2) is 0 Å². The van der Waals surface area contributed by atoms with Gasteiger partial charge in [-0.05, 0) is 173 Å². The van der Waals surface area contributed by atoms with Gasteiger partial charge in [0.25, 0.3) is 0 Å². The molecule has 6 atom stereocenters. The van der Waals surface area contributed by atoms with Crippen LogP contribution in [-0.2, 0) is 33.3 Å². The zero-order chi connectivity index (χ0) is 37.7. The molecule has 10 rings (SSSR count). The number of benzene rings is 2. The molecule has 0 unspecified atom stereocenters. The first kappa shape index (κ1) is 37.6. The Kier molecular flexibility index (Phi) is 10.6. The SMILES string of the molecule is O=C(CCCCCCCCC(=O)Oc1ccc2c(c1)[C@@]13CCCC[C@H]1[C@@H](C2)N(CC1CC1)CC3)Oc1ccc2c(c1)[C@@]13CCCC[C@H]1[C@@H](C2)N(CC1CC1)CC3. The first-order chi connectivity index (χ1) is 27.5. The van der Waals surface area contributed by atoms with E-state index in [1.807, 2.05) is 0 Å². The zero-order valence-electron chi connectivity index (χ0n) is 34.3. The second-order valence-electron chi connectivity index (χ2n) is 20.1. The molecular formula is C50H68N2O4. The summed E-state index contributed by atoms with van der Waals surface area (Å²) in [5.41, 5.74) is 6.61. The lowest BCUT2D eigenvalue weighted by atomic mass is 9.52. The third kappa shape index (κ3) is 7.42. The van der Waals surface area contributed by atoms with Gasteiger partial charge in [-0.3, -0.25) is 19.4 Å². The average molecular weight is 761 g/mol. The molecular weight excluding hydrogens is 693 g/mol. The molecule has 2 aliphatic heterocycles. The number of likely N-dealkylation sites (tertiary alicyclic amines) is 2. The third-order valence-corrected chi connectivity index (χ3v) is 16.7. The van der Waals surface area contributed by atoms with Gasteiger partial charge in [-0.15, -0.1) is 0 Å². The van der Waals surface area contributed by atoms with Crippen LogP contribution in [0.2, 0.25) is 0 Å². The fraction of sp³-hybridized carbons (Fsp3) is 0.720. The molecule has 6 heteroatoms. The summed E-state index contributed by atoms with van der Waals surface area (Å²) >= 11 is 0. The normalized spacial score (nSPS) is 32.1. The van der Waals surface area contributed by atoms with Gasteiger partial charge in [0.05, 0.1) is 0 Å². The molecule has 302 valence electrons. The van der Waals surface area contributed by atoms with Crippen LogP contribution in [0.5, 0.6) is 11.5 Å². The van der Waals surface area contributed by atoms with Gasteiger partial charge in [0.15, 0.2) is 0 Å². The predicted octanol–water partition coefficient (Wildman–Crippen LogP) is 10.3. The fourth-order valence-electron chi connectivity index (χ4n) is 13.6. The molecule has 6 fully saturated rings. The lowest BCUT2D eigenvalue weighted by Gasteiger charge is -2.59. The van der Waals surface area contributed by atoms with Crippen molar-refractivity contribution in [2.45, 2.75) is 177 Å². The van der Waals surface area contributed by atoms with Crippen LogP contribution in [0, 0.1) is 23.7 Å². The van der Waals surface area contributed by atoms with Crippen LogP contribution >= 0.6 is 0 Å². The van der Waals surface area contributed by atoms with E-state index in [2.05, 4.69) is 46.2 Å². The van der Waals surface area contributed by atoms with Crippen molar-refractivity contribution in [1.82, 2.24) is 9.80 Å². The maximum atomic E-state index is 13.0. The van der Waals surface area contributed by atoms with E-state index in [1.54, 1.807) is 0 Å². The lowest BCUT2D eigenvalue weighted by molar-refractivity contribution is -0.135. The summed E-state index contributed by atoms with van der Waals surface area (Å²) < 4.78 is 12.0. The lowest BCUT2D eigenvalue weighted by Crippen LogP contribution is -2.61. The van der Waals surface area contributed by atoms with Crippen molar-refractivity contribution in [2.75, 3.05) is 26.2 Å². The molecule has 4 bridgehead atoms. The number of unbranched alkanes of at least 4 members (excludes halogenated alkanes) is 5. The Morgan fingerprint density at radius 3 is 1.45 bits per heavy atom. The Morgan fingerprint density at radius 2 is 1.00 bits per heavy atom. The van der Waals surface area contributed by atoms with Gasteiger partial charge < -0.3 is 9.47 Å². The van der Waals surface area contributed by atoms with E-state index in [0.717, 1.165) is 73.7 Å². The first-order valence-electron chi connectivity index (χ1n) is 23.6. The van der Waals surface area contributed by atoms with Crippen molar-refractivity contribution in [3.8, 4) is 11.5 Å². The number of fused-ring (bicyclic) bond motifs is 2. The number of hydrogen-bond donors (Lipinski definition) is 0. The molecule has 6 aliphatic carbocycles. The molecule has 2 saturated heterocycles. The molecule has 0 spiro atoms. The third-order valence-electron chi connectivity index (χ3n) is 16.7. The van der Waals surface area contributed by atoms with Gasteiger partial charge in [-0.1, -0.05) is 63.5 Å². The van der Waals surface area contributed by atoms with E-state index in [0.29, 0.717) is 24.9 Å². The molecule has 0 N–H and O–H groups in total. The minimum Gasteiger partial charge on any atom is -0.427 e. The minimum atomic E-state index is -0.0991. The van der Waals surface area contributed by atoms with Crippen molar-refractivity contribution in [1.29, 1.82) is 0 Å². The van der Waals surface area contributed by atoms with E-state index in [1.165, 1.54) is 151 Å². The molecule has 0 aromatic heterocycles. The van der Waals surface area contributed by atoms with E-state index < -0.39 is 0 Å². The smallest absolute Gasteiger partial charge is 0.311 e. The Balaban J connectivity index is 0.650. The molecule has 0 radical (unpaired) electrons. The maximum absolute atomic E-state index is 13.0. The Bertz CT molecular complexity index is 1640. The average Bonchev–Trinajstić information content (AvgIpc) is 4.16. The van der Waals surface area contributed by atoms with E-state index >= 15 is 0 Å². The summed E-state index contributed by atoms with van der Waals surface area (Å²) in [6.45, 7) is 5.10. The highest BCUT2D eigenvalue weighted by molar-refractivity contribution is 5.73. The quantitative estimate of drug-likeness (QED) is 0.102.